The van der Waals surface area contributed by atoms with Crippen LogP contribution in [0.3, 0.4) is 0 Å². The quantitative estimate of drug-likeness (QED) is 0.536. The van der Waals surface area contributed by atoms with Gasteiger partial charge >= 0.3 is 6.18 Å². The predicted octanol–water partition coefficient (Wildman–Crippen LogP) is 4.47. The summed E-state index contributed by atoms with van der Waals surface area (Å²) in [4.78, 5) is 20.6. The summed E-state index contributed by atoms with van der Waals surface area (Å²) in [6, 6.07) is 17.1. The fourth-order valence-corrected chi connectivity index (χ4v) is 3.66. The number of pyridine rings is 1. The summed E-state index contributed by atoms with van der Waals surface area (Å²) in [5, 5.41) is 0. The number of methoxy groups -OCH3 is 1. The summed E-state index contributed by atoms with van der Waals surface area (Å²) in [6.07, 6.45) is -3.58. The Morgan fingerprint density at radius 3 is 2.32 bits per heavy atom. The summed E-state index contributed by atoms with van der Waals surface area (Å²) in [6.45, 7) is 1.80. The summed E-state index contributed by atoms with van der Waals surface area (Å²) in [5.74, 6) is 7.07. The first kappa shape index (κ1) is 23.2. The maximum absolute atomic E-state index is 13.1. The van der Waals surface area contributed by atoms with E-state index >= 15 is 0 Å². The van der Waals surface area contributed by atoms with Gasteiger partial charge in [0.25, 0.3) is 5.91 Å². The zero-order valence-corrected chi connectivity index (χ0v) is 18.5. The molecule has 0 aliphatic carbocycles. The number of nitrogens with zero attached hydrogens (tertiary/aromatic N) is 3. The molecule has 2 aromatic carbocycles. The Morgan fingerprint density at radius 2 is 1.71 bits per heavy atom. The van der Waals surface area contributed by atoms with Gasteiger partial charge in [0.2, 0.25) is 0 Å². The Labute approximate surface area is 195 Å². The van der Waals surface area contributed by atoms with Gasteiger partial charge < -0.3 is 14.5 Å². The molecule has 4 rings (SSSR count). The van der Waals surface area contributed by atoms with E-state index in [1.54, 1.807) is 30.2 Å². The van der Waals surface area contributed by atoms with Crippen LogP contribution in [0.2, 0.25) is 0 Å². The lowest BCUT2D eigenvalue weighted by atomic mass is 10.1. The predicted molar refractivity (Wildman–Crippen MR) is 123 cm³/mol. The summed E-state index contributed by atoms with van der Waals surface area (Å²) < 4.78 is 43.7. The molecule has 34 heavy (non-hydrogen) atoms. The van der Waals surface area contributed by atoms with Gasteiger partial charge in [-0.3, -0.25) is 4.79 Å². The third kappa shape index (κ3) is 5.31. The molecule has 0 saturated carbocycles. The highest BCUT2D eigenvalue weighted by molar-refractivity contribution is 5.95. The Morgan fingerprint density at radius 1 is 0.971 bits per heavy atom. The number of hydrogen-bond donors (Lipinski definition) is 0. The summed E-state index contributed by atoms with van der Waals surface area (Å²) >= 11 is 0. The SMILES string of the molecule is COc1ccc(C(=O)N2CCN(c3ccc(C(F)(F)F)cn3)CC2)cc1C#Cc1ccccc1. The molecule has 1 aliphatic heterocycles. The molecular weight excluding hydrogens is 443 g/mol. The van der Waals surface area contributed by atoms with Crippen LogP contribution in [0.15, 0.2) is 66.9 Å². The van der Waals surface area contributed by atoms with Crippen LogP contribution < -0.4 is 9.64 Å². The lowest BCUT2D eigenvalue weighted by Gasteiger charge is -2.35. The maximum atomic E-state index is 13.1. The number of ether oxygens (including phenoxy) is 1. The average Bonchev–Trinajstić information content (AvgIpc) is 2.87. The highest BCUT2D eigenvalue weighted by Crippen LogP contribution is 2.29. The van der Waals surface area contributed by atoms with E-state index in [9.17, 15) is 18.0 Å². The molecule has 1 aromatic heterocycles. The number of carbonyl (C=O) groups is 1. The van der Waals surface area contributed by atoms with Crippen LogP contribution >= 0.6 is 0 Å². The van der Waals surface area contributed by atoms with Crippen molar-refractivity contribution in [2.75, 3.05) is 38.2 Å². The molecule has 0 radical (unpaired) electrons. The van der Waals surface area contributed by atoms with E-state index in [0.29, 0.717) is 48.9 Å². The van der Waals surface area contributed by atoms with E-state index in [4.69, 9.17) is 4.74 Å². The number of aromatic nitrogens is 1. The van der Waals surface area contributed by atoms with Crippen molar-refractivity contribution in [3.63, 3.8) is 0 Å². The first-order chi connectivity index (χ1) is 16.3. The maximum Gasteiger partial charge on any atom is 0.417 e. The number of amides is 1. The molecule has 3 aromatic rings. The monoisotopic (exact) mass is 465 g/mol. The van der Waals surface area contributed by atoms with Crippen LogP contribution in [0.1, 0.15) is 27.0 Å². The number of hydrogen-bond acceptors (Lipinski definition) is 4. The van der Waals surface area contributed by atoms with Crippen molar-refractivity contribution in [1.29, 1.82) is 0 Å². The number of benzene rings is 2. The number of rotatable bonds is 3. The van der Waals surface area contributed by atoms with Crippen LogP contribution in [0.5, 0.6) is 5.75 Å². The second kappa shape index (κ2) is 9.87. The smallest absolute Gasteiger partial charge is 0.417 e. The van der Waals surface area contributed by atoms with E-state index < -0.39 is 11.7 Å². The second-order valence-electron chi connectivity index (χ2n) is 7.71. The van der Waals surface area contributed by atoms with Gasteiger partial charge in [-0.1, -0.05) is 30.0 Å². The van der Waals surface area contributed by atoms with E-state index in [1.165, 1.54) is 6.07 Å². The van der Waals surface area contributed by atoms with Gasteiger partial charge in [0.15, 0.2) is 0 Å². The van der Waals surface area contributed by atoms with Crippen molar-refractivity contribution in [2.45, 2.75) is 6.18 Å². The van der Waals surface area contributed by atoms with Crippen LogP contribution in [-0.2, 0) is 6.18 Å². The van der Waals surface area contributed by atoms with Gasteiger partial charge in [-0.05, 0) is 42.5 Å². The molecule has 0 bridgehead atoms. The van der Waals surface area contributed by atoms with E-state index in [2.05, 4.69) is 16.8 Å². The molecule has 1 amide bonds. The largest absolute Gasteiger partial charge is 0.495 e. The molecule has 0 spiro atoms. The van der Waals surface area contributed by atoms with Crippen LogP contribution in [-0.4, -0.2) is 49.1 Å². The third-order valence-electron chi connectivity index (χ3n) is 5.53. The fourth-order valence-electron chi connectivity index (χ4n) is 3.66. The van der Waals surface area contributed by atoms with Crippen molar-refractivity contribution in [3.05, 3.63) is 89.1 Å². The number of halogens is 3. The molecule has 1 aliphatic rings. The van der Waals surface area contributed by atoms with Crippen molar-refractivity contribution in [3.8, 4) is 17.6 Å². The highest BCUT2D eigenvalue weighted by atomic mass is 19.4. The normalized spacial score (nSPS) is 13.8. The minimum absolute atomic E-state index is 0.134. The van der Waals surface area contributed by atoms with E-state index in [1.807, 2.05) is 35.2 Å². The minimum Gasteiger partial charge on any atom is -0.495 e. The first-order valence-corrected chi connectivity index (χ1v) is 10.7. The molecule has 2 heterocycles. The van der Waals surface area contributed by atoms with Gasteiger partial charge in [0.1, 0.15) is 11.6 Å². The van der Waals surface area contributed by atoms with Crippen molar-refractivity contribution >= 4 is 11.7 Å². The number of anilines is 1. The Hall–Kier alpha value is -3.99. The fraction of sp³-hybridized carbons (Fsp3) is 0.231. The zero-order valence-electron chi connectivity index (χ0n) is 18.5. The van der Waals surface area contributed by atoms with Gasteiger partial charge in [0.05, 0.1) is 18.2 Å². The van der Waals surface area contributed by atoms with Gasteiger partial charge in [-0.25, -0.2) is 4.98 Å². The van der Waals surface area contributed by atoms with Crippen LogP contribution in [0, 0.1) is 11.8 Å². The Balaban J connectivity index is 1.44. The van der Waals surface area contributed by atoms with Gasteiger partial charge in [-0.15, -0.1) is 0 Å². The molecule has 0 atom stereocenters. The molecular formula is C26H22F3N3O2. The zero-order chi connectivity index (χ0) is 24.1. The van der Waals surface area contributed by atoms with E-state index in [-0.39, 0.29) is 5.91 Å². The minimum atomic E-state index is -4.42. The topological polar surface area (TPSA) is 45.7 Å². The highest BCUT2D eigenvalue weighted by Gasteiger charge is 2.31. The Bertz CT molecular complexity index is 1210. The summed E-state index contributed by atoms with van der Waals surface area (Å²) in [7, 11) is 1.55. The molecule has 8 heteroatoms. The van der Waals surface area contributed by atoms with Crippen LogP contribution in [0.4, 0.5) is 19.0 Å². The van der Waals surface area contributed by atoms with Gasteiger partial charge in [-0.2, -0.15) is 13.2 Å². The Kier molecular flexibility index (Phi) is 6.73. The molecule has 1 fully saturated rings. The lowest BCUT2D eigenvalue weighted by Crippen LogP contribution is -2.49. The lowest BCUT2D eigenvalue weighted by molar-refractivity contribution is -0.137. The average molecular weight is 465 g/mol. The second-order valence-corrected chi connectivity index (χ2v) is 7.71. The third-order valence-corrected chi connectivity index (χ3v) is 5.53. The number of alkyl halides is 3. The standard InChI is InChI=1S/C26H22F3N3O2/c1-34-23-11-9-21(17-20(23)8-7-19-5-3-2-4-6-19)25(33)32-15-13-31(14-16-32)24-12-10-22(18-30-24)26(27,28)29/h2-6,9-12,17-18H,13-16H2,1H3. The number of carbonyl (C=O) groups excluding carboxylic acids is 1. The molecule has 174 valence electrons. The van der Waals surface area contributed by atoms with E-state index in [0.717, 1.165) is 17.8 Å². The molecule has 0 N–H and O–H groups in total. The van der Waals surface area contributed by atoms with Crippen molar-refractivity contribution in [2.24, 2.45) is 0 Å². The number of piperazine rings is 1. The molecule has 1 saturated heterocycles. The van der Waals surface area contributed by atoms with Gasteiger partial charge in [0, 0.05) is 43.5 Å². The first-order valence-electron chi connectivity index (χ1n) is 10.7. The van der Waals surface area contributed by atoms with Crippen molar-refractivity contribution < 1.29 is 22.7 Å². The molecule has 0 unspecified atom stereocenters. The van der Waals surface area contributed by atoms with Crippen molar-refractivity contribution in [1.82, 2.24) is 9.88 Å². The van der Waals surface area contributed by atoms with Crippen LogP contribution in [0.25, 0.3) is 0 Å². The summed E-state index contributed by atoms with van der Waals surface area (Å²) in [5.41, 5.74) is 1.19. The molecule has 5 nitrogen and oxygen atoms in total.